The first-order valence-corrected chi connectivity index (χ1v) is 9.17. The lowest BCUT2D eigenvalue weighted by molar-refractivity contribution is 0.288. The Kier molecular flexibility index (Phi) is 11.0. The van der Waals surface area contributed by atoms with E-state index >= 15 is 0 Å². The van der Waals surface area contributed by atoms with E-state index in [0.29, 0.717) is 6.04 Å². The average molecular weight is 305 g/mol. The van der Waals surface area contributed by atoms with Crippen LogP contribution < -0.4 is 5.32 Å². The summed E-state index contributed by atoms with van der Waals surface area (Å²) in [6.45, 7) is 4.46. The summed E-state index contributed by atoms with van der Waals surface area (Å²) >= 11 is 0. The van der Waals surface area contributed by atoms with Gasteiger partial charge in [-0.05, 0) is 32.6 Å². The quantitative estimate of drug-likeness (QED) is 0.515. The zero-order valence-corrected chi connectivity index (χ0v) is 15.0. The van der Waals surface area contributed by atoms with Gasteiger partial charge in [0.2, 0.25) is 0 Å². The predicted molar refractivity (Wildman–Crippen MR) is 98.3 cm³/mol. The molecular formula is C20H36N2. The molecule has 0 saturated carbocycles. The summed E-state index contributed by atoms with van der Waals surface area (Å²) < 4.78 is 0. The van der Waals surface area contributed by atoms with Crippen LogP contribution in [0.1, 0.15) is 69.9 Å². The topological polar surface area (TPSA) is 15.3 Å². The molecule has 0 aromatic heterocycles. The first-order chi connectivity index (χ1) is 10.8. The number of benzene rings is 1. The normalized spacial score (nSPS) is 12.7. The molecule has 0 aliphatic heterocycles. The van der Waals surface area contributed by atoms with E-state index in [9.17, 15) is 0 Å². The second-order valence-electron chi connectivity index (χ2n) is 6.57. The second-order valence-corrected chi connectivity index (χ2v) is 6.57. The molecule has 1 rings (SSSR count). The summed E-state index contributed by atoms with van der Waals surface area (Å²) in [6.07, 6.45) is 11.1. The van der Waals surface area contributed by atoms with E-state index in [-0.39, 0.29) is 0 Å². The van der Waals surface area contributed by atoms with Gasteiger partial charge < -0.3 is 10.2 Å². The third kappa shape index (κ3) is 8.55. The number of nitrogens with one attached hydrogen (secondary N) is 1. The van der Waals surface area contributed by atoms with E-state index < -0.39 is 0 Å². The highest BCUT2D eigenvalue weighted by atomic mass is 15.1. The summed E-state index contributed by atoms with van der Waals surface area (Å²) in [4.78, 5) is 2.30. The first kappa shape index (κ1) is 19.2. The van der Waals surface area contributed by atoms with Gasteiger partial charge in [-0.3, -0.25) is 0 Å². The smallest absolute Gasteiger partial charge is 0.0466 e. The van der Waals surface area contributed by atoms with Crippen molar-refractivity contribution in [2.24, 2.45) is 0 Å². The first-order valence-electron chi connectivity index (χ1n) is 9.17. The van der Waals surface area contributed by atoms with E-state index in [0.717, 1.165) is 13.1 Å². The van der Waals surface area contributed by atoms with Gasteiger partial charge in [-0.25, -0.2) is 0 Å². The van der Waals surface area contributed by atoms with Crippen LogP contribution in [-0.2, 0) is 0 Å². The van der Waals surface area contributed by atoms with Gasteiger partial charge in [-0.2, -0.15) is 0 Å². The fourth-order valence-electron chi connectivity index (χ4n) is 2.90. The summed E-state index contributed by atoms with van der Waals surface area (Å²) in [7, 11) is 4.32. The van der Waals surface area contributed by atoms with Crippen LogP contribution in [0, 0.1) is 0 Å². The van der Waals surface area contributed by atoms with Crippen molar-refractivity contribution in [3.63, 3.8) is 0 Å². The largest absolute Gasteiger partial charge is 0.315 e. The minimum absolute atomic E-state index is 0.468. The molecule has 0 bridgehead atoms. The SMILES string of the molecule is CCCCCCCCCCNCC(c1ccccc1)N(C)C. The second kappa shape index (κ2) is 12.7. The van der Waals surface area contributed by atoms with Crippen LogP contribution in [-0.4, -0.2) is 32.1 Å². The van der Waals surface area contributed by atoms with Crippen LogP contribution in [0.25, 0.3) is 0 Å². The molecule has 0 radical (unpaired) electrons. The minimum Gasteiger partial charge on any atom is -0.315 e. The average Bonchev–Trinajstić information content (AvgIpc) is 2.53. The molecule has 1 aromatic carbocycles. The van der Waals surface area contributed by atoms with Crippen LogP contribution in [0.15, 0.2) is 30.3 Å². The monoisotopic (exact) mass is 304 g/mol. The highest BCUT2D eigenvalue weighted by Crippen LogP contribution is 2.16. The molecule has 126 valence electrons. The zero-order valence-electron chi connectivity index (χ0n) is 15.0. The third-order valence-corrected chi connectivity index (χ3v) is 4.35. The molecule has 22 heavy (non-hydrogen) atoms. The maximum atomic E-state index is 3.63. The van der Waals surface area contributed by atoms with Crippen LogP contribution in [0.4, 0.5) is 0 Å². The Balaban J connectivity index is 2.07. The molecule has 1 N–H and O–H groups in total. The number of hydrogen-bond donors (Lipinski definition) is 1. The summed E-state index contributed by atoms with van der Waals surface area (Å²) in [5, 5.41) is 3.63. The van der Waals surface area contributed by atoms with Crippen LogP contribution in [0.2, 0.25) is 0 Å². The van der Waals surface area contributed by atoms with Crippen molar-refractivity contribution in [3.05, 3.63) is 35.9 Å². The Morgan fingerprint density at radius 2 is 1.45 bits per heavy atom. The lowest BCUT2D eigenvalue weighted by atomic mass is 10.1. The molecule has 0 amide bonds. The lowest BCUT2D eigenvalue weighted by Crippen LogP contribution is -2.31. The minimum atomic E-state index is 0.468. The van der Waals surface area contributed by atoms with Gasteiger partial charge in [-0.15, -0.1) is 0 Å². The third-order valence-electron chi connectivity index (χ3n) is 4.35. The van der Waals surface area contributed by atoms with Crippen molar-refractivity contribution in [3.8, 4) is 0 Å². The van der Waals surface area contributed by atoms with Gasteiger partial charge >= 0.3 is 0 Å². The standard InChI is InChI=1S/C20H36N2/c1-4-5-6-7-8-9-10-14-17-21-18-20(22(2)3)19-15-12-11-13-16-19/h11-13,15-16,20-21H,4-10,14,17-18H2,1-3H3. The molecule has 2 heteroatoms. The van der Waals surface area contributed by atoms with Gasteiger partial charge in [0.05, 0.1) is 0 Å². The Morgan fingerprint density at radius 3 is 2.05 bits per heavy atom. The summed E-state index contributed by atoms with van der Waals surface area (Å²) in [6, 6.07) is 11.3. The van der Waals surface area contributed by atoms with Crippen LogP contribution in [0.5, 0.6) is 0 Å². The molecule has 0 saturated heterocycles. The van der Waals surface area contributed by atoms with E-state index in [1.54, 1.807) is 0 Å². The maximum absolute atomic E-state index is 3.63. The van der Waals surface area contributed by atoms with Crippen molar-refractivity contribution in [2.45, 2.75) is 64.3 Å². The predicted octanol–water partition coefficient (Wildman–Crippen LogP) is 5.02. The van der Waals surface area contributed by atoms with Crippen molar-refractivity contribution >= 4 is 0 Å². The molecule has 1 unspecified atom stereocenters. The Morgan fingerprint density at radius 1 is 0.864 bits per heavy atom. The molecule has 0 fully saturated rings. The fourth-order valence-corrected chi connectivity index (χ4v) is 2.90. The number of unbranched alkanes of at least 4 members (excludes halogenated alkanes) is 7. The fraction of sp³-hybridized carbons (Fsp3) is 0.700. The number of hydrogen-bond acceptors (Lipinski definition) is 2. The molecule has 1 aromatic rings. The molecule has 0 heterocycles. The van der Waals surface area contributed by atoms with Crippen molar-refractivity contribution < 1.29 is 0 Å². The van der Waals surface area contributed by atoms with Crippen LogP contribution in [0.3, 0.4) is 0 Å². The van der Waals surface area contributed by atoms with Crippen molar-refractivity contribution in [1.29, 1.82) is 0 Å². The van der Waals surface area contributed by atoms with E-state index in [4.69, 9.17) is 0 Å². The van der Waals surface area contributed by atoms with Crippen molar-refractivity contribution in [1.82, 2.24) is 10.2 Å². The molecule has 1 atom stereocenters. The molecule has 0 spiro atoms. The number of nitrogens with zero attached hydrogens (tertiary/aromatic N) is 1. The van der Waals surface area contributed by atoms with E-state index in [1.807, 2.05) is 0 Å². The maximum Gasteiger partial charge on any atom is 0.0466 e. The van der Waals surface area contributed by atoms with Crippen LogP contribution >= 0.6 is 0 Å². The zero-order chi connectivity index (χ0) is 16.0. The Labute approximate surface area is 138 Å². The molecule has 2 nitrogen and oxygen atoms in total. The number of likely N-dealkylation sites (N-methyl/N-ethyl adjacent to an activating group) is 1. The van der Waals surface area contributed by atoms with Gasteiger partial charge in [0, 0.05) is 12.6 Å². The summed E-state index contributed by atoms with van der Waals surface area (Å²) in [5.74, 6) is 0. The highest BCUT2D eigenvalue weighted by Gasteiger charge is 2.12. The number of rotatable bonds is 13. The molecule has 0 aliphatic rings. The van der Waals surface area contributed by atoms with Crippen molar-refractivity contribution in [2.75, 3.05) is 27.2 Å². The van der Waals surface area contributed by atoms with Gasteiger partial charge in [0.15, 0.2) is 0 Å². The Bertz CT molecular complexity index is 348. The Hall–Kier alpha value is -0.860. The molecule has 0 aliphatic carbocycles. The van der Waals surface area contributed by atoms with Gasteiger partial charge in [0.25, 0.3) is 0 Å². The van der Waals surface area contributed by atoms with Gasteiger partial charge in [-0.1, -0.05) is 82.2 Å². The van der Waals surface area contributed by atoms with E-state index in [1.165, 1.54) is 56.9 Å². The van der Waals surface area contributed by atoms with Gasteiger partial charge in [0.1, 0.15) is 0 Å². The van der Waals surface area contributed by atoms with E-state index in [2.05, 4.69) is 61.6 Å². The summed E-state index contributed by atoms with van der Waals surface area (Å²) in [5.41, 5.74) is 1.40. The molecular weight excluding hydrogens is 268 g/mol. The lowest BCUT2D eigenvalue weighted by Gasteiger charge is -2.25. The highest BCUT2D eigenvalue weighted by molar-refractivity contribution is 5.19.